The van der Waals surface area contributed by atoms with Crippen molar-refractivity contribution >= 4 is 29.4 Å². The third-order valence-corrected chi connectivity index (χ3v) is 10.7. The lowest BCUT2D eigenvalue weighted by molar-refractivity contribution is -0.124. The van der Waals surface area contributed by atoms with E-state index in [1.54, 1.807) is 18.4 Å². The number of aliphatic hydroxyl groups excluding tert-OH is 1. The standard InChI is InChI=1S/C39H53N5O7S/c1-24(2)34(43-38(47)44(5)21-29-23-52-36(41-29)25(3)4)35(46)40-28(18-26-12-8-6-9-13-26)20-32(45)31(19-27-14-10-7-11-15-27)42-39(48)51-33-22-50-37-30(33)16-17-49-37/h6-15,23-25,28,30-34,37,45H,16-22H2,1-5H3,(H,40,46)(H,42,48)(H,43,47)/t28-,30-,31-,32-,33-,34+,37+/m0/s1. The van der Waals surface area contributed by atoms with Crippen molar-refractivity contribution in [1.29, 1.82) is 0 Å². The minimum absolute atomic E-state index is 0.0204. The Hall–Kier alpha value is -4.04. The van der Waals surface area contributed by atoms with Gasteiger partial charge in [-0.15, -0.1) is 11.3 Å². The summed E-state index contributed by atoms with van der Waals surface area (Å²) in [7, 11) is 1.68. The molecule has 0 bridgehead atoms. The zero-order valence-electron chi connectivity index (χ0n) is 30.7. The van der Waals surface area contributed by atoms with Crippen LogP contribution in [-0.4, -0.2) is 89.9 Å². The Bertz CT molecular complexity index is 1590. The molecule has 7 atom stereocenters. The van der Waals surface area contributed by atoms with Crippen molar-refractivity contribution in [3.05, 3.63) is 87.9 Å². The molecule has 0 saturated carbocycles. The number of urea groups is 1. The smallest absolute Gasteiger partial charge is 0.407 e. The maximum atomic E-state index is 13.9. The highest BCUT2D eigenvalue weighted by molar-refractivity contribution is 7.09. The third-order valence-electron chi connectivity index (χ3n) is 9.54. The number of alkyl carbamates (subject to hydrolysis) is 1. The second kappa shape index (κ2) is 18.6. The number of carbonyl (C=O) groups excluding carboxylic acids is 3. The van der Waals surface area contributed by atoms with E-state index in [2.05, 4.69) is 34.8 Å². The minimum Gasteiger partial charge on any atom is -0.443 e. The van der Waals surface area contributed by atoms with Crippen LogP contribution < -0.4 is 16.0 Å². The molecule has 13 heteroatoms. The summed E-state index contributed by atoms with van der Waals surface area (Å²) in [4.78, 5) is 46.7. The summed E-state index contributed by atoms with van der Waals surface area (Å²) in [6.45, 7) is 9.04. The van der Waals surface area contributed by atoms with Gasteiger partial charge in [0.15, 0.2) is 6.29 Å². The summed E-state index contributed by atoms with van der Waals surface area (Å²) in [6.07, 6.45) is -0.854. The molecule has 0 spiro atoms. The number of thiazole rings is 1. The predicted molar refractivity (Wildman–Crippen MR) is 199 cm³/mol. The van der Waals surface area contributed by atoms with E-state index in [1.165, 1.54) is 4.90 Å². The van der Waals surface area contributed by atoms with Crippen LogP contribution in [0.15, 0.2) is 66.0 Å². The molecule has 4 N–H and O–H groups in total. The Morgan fingerprint density at radius 1 is 0.962 bits per heavy atom. The number of nitrogens with one attached hydrogen (secondary N) is 3. The van der Waals surface area contributed by atoms with Gasteiger partial charge in [-0.3, -0.25) is 4.79 Å². The molecule has 5 rings (SSSR count). The second-order valence-electron chi connectivity index (χ2n) is 14.5. The number of benzene rings is 2. The van der Waals surface area contributed by atoms with Gasteiger partial charge < -0.3 is 40.2 Å². The molecule has 2 aromatic carbocycles. The number of aromatic nitrogens is 1. The molecule has 2 aliphatic heterocycles. The van der Waals surface area contributed by atoms with E-state index in [9.17, 15) is 19.5 Å². The summed E-state index contributed by atoms with van der Waals surface area (Å²) >= 11 is 1.57. The van der Waals surface area contributed by atoms with Gasteiger partial charge in [-0.1, -0.05) is 88.4 Å². The molecular formula is C39H53N5O7S. The zero-order valence-corrected chi connectivity index (χ0v) is 31.5. The minimum atomic E-state index is -1.06. The van der Waals surface area contributed by atoms with Gasteiger partial charge in [-0.25, -0.2) is 14.6 Å². The van der Waals surface area contributed by atoms with Crippen molar-refractivity contribution in [1.82, 2.24) is 25.8 Å². The lowest BCUT2D eigenvalue weighted by atomic mass is 9.93. The average molecular weight is 736 g/mol. The van der Waals surface area contributed by atoms with Crippen LogP contribution in [0.4, 0.5) is 9.59 Å². The highest BCUT2D eigenvalue weighted by Gasteiger charge is 2.44. The van der Waals surface area contributed by atoms with Gasteiger partial charge >= 0.3 is 12.1 Å². The van der Waals surface area contributed by atoms with Gasteiger partial charge in [0.1, 0.15) is 12.1 Å². The molecule has 0 aliphatic carbocycles. The van der Waals surface area contributed by atoms with Crippen LogP contribution in [-0.2, 0) is 38.4 Å². The maximum absolute atomic E-state index is 13.9. The van der Waals surface area contributed by atoms with Crippen molar-refractivity contribution in [2.24, 2.45) is 11.8 Å². The number of hydrogen-bond donors (Lipinski definition) is 4. The Balaban J connectivity index is 1.27. The zero-order chi connectivity index (χ0) is 37.2. The Kier molecular flexibility index (Phi) is 14.0. The van der Waals surface area contributed by atoms with Crippen molar-refractivity contribution in [3.63, 3.8) is 0 Å². The van der Waals surface area contributed by atoms with Crippen LogP contribution in [0.3, 0.4) is 0 Å². The van der Waals surface area contributed by atoms with E-state index >= 15 is 0 Å². The van der Waals surface area contributed by atoms with Crippen molar-refractivity contribution in [2.75, 3.05) is 20.3 Å². The monoisotopic (exact) mass is 735 g/mol. The molecule has 0 unspecified atom stereocenters. The van der Waals surface area contributed by atoms with Crippen LogP contribution in [0, 0.1) is 11.8 Å². The molecule has 2 aliphatic rings. The lowest BCUT2D eigenvalue weighted by Gasteiger charge is -2.31. The van der Waals surface area contributed by atoms with E-state index < -0.39 is 36.4 Å². The maximum Gasteiger partial charge on any atom is 0.407 e. The quantitative estimate of drug-likeness (QED) is 0.160. The molecule has 3 heterocycles. The van der Waals surface area contributed by atoms with E-state index in [4.69, 9.17) is 14.2 Å². The summed E-state index contributed by atoms with van der Waals surface area (Å²) in [5, 5.41) is 23.7. The molecule has 1 aromatic heterocycles. The largest absolute Gasteiger partial charge is 0.443 e. The fourth-order valence-electron chi connectivity index (χ4n) is 6.61. The number of rotatable bonds is 16. The van der Waals surface area contributed by atoms with E-state index in [1.807, 2.05) is 79.9 Å². The van der Waals surface area contributed by atoms with Gasteiger partial charge in [0.2, 0.25) is 5.91 Å². The van der Waals surface area contributed by atoms with Crippen LogP contribution in [0.25, 0.3) is 0 Å². The van der Waals surface area contributed by atoms with Crippen molar-refractivity contribution < 1.29 is 33.7 Å². The van der Waals surface area contributed by atoms with Crippen LogP contribution in [0.1, 0.15) is 68.3 Å². The van der Waals surface area contributed by atoms with Crippen LogP contribution in [0.5, 0.6) is 0 Å². The fourth-order valence-corrected chi connectivity index (χ4v) is 7.44. The van der Waals surface area contributed by atoms with Gasteiger partial charge in [0, 0.05) is 24.4 Å². The predicted octanol–water partition coefficient (Wildman–Crippen LogP) is 5.01. The molecule has 282 valence electrons. The molecule has 2 fully saturated rings. The molecule has 3 aromatic rings. The summed E-state index contributed by atoms with van der Waals surface area (Å²) < 4.78 is 17.0. The first-order valence-corrected chi connectivity index (χ1v) is 19.1. The third kappa shape index (κ3) is 11.0. The van der Waals surface area contributed by atoms with E-state index in [0.29, 0.717) is 31.9 Å². The fraction of sp³-hybridized carbons (Fsp3) is 0.538. The normalized spacial score (nSPS) is 20.5. The van der Waals surface area contributed by atoms with Gasteiger partial charge in [0.05, 0.1) is 48.5 Å². The number of hydrogen-bond acceptors (Lipinski definition) is 9. The SMILES string of the molecule is CC(C)c1nc(CN(C)C(=O)N[C@@H](C(=O)N[C@@H](Cc2ccccc2)C[C@H](O)[C@H](Cc2ccccc2)NC(=O)O[C@H]2CO[C@H]3OCC[C@H]32)C(C)C)cs1. The van der Waals surface area contributed by atoms with E-state index in [0.717, 1.165) is 28.2 Å². The van der Waals surface area contributed by atoms with Crippen molar-refractivity contribution in [3.8, 4) is 0 Å². The summed E-state index contributed by atoms with van der Waals surface area (Å²) in [5.74, 6) is -0.303. The molecule has 0 radical (unpaired) electrons. The number of aliphatic hydroxyl groups is 1. The number of nitrogens with zero attached hydrogens (tertiary/aromatic N) is 2. The average Bonchev–Trinajstić information content (AvgIpc) is 3.87. The first kappa shape index (κ1) is 39.2. The first-order chi connectivity index (χ1) is 25.0. The van der Waals surface area contributed by atoms with Gasteiger partial charge in [-0.05, 0) is 42.7 Å². The topological polar surface area (TPSA) is 151 Å². The molecule has 52 heavy (non-hydrogen) atoms. The second-order valence-corrected chi connectivity index (χ2v) is 15.4. The van der Waals surface area contributed by atoms with Crippen molar-refractivity contribution in [2.45, 2.75) is 102 Å². The Morgan fingerprint density at radius 2 is 1.63 bits per heavy atom. The van der Waals surface area contributed by atoms with Gasteiger partial charge in [0.25, 0.3) is 0 Å². The lowest BCUT2D eigenvalue weighted by Crippen LogP contribution is -2.56. The molecule has 4 amide bonds. The Labute approximate surface area is 310 Å². The number of fused-ring (bicyclic) bond motifs is 1. The molecule has 12 nitrogen and oxygen atoms in total. The Morgan fingerprint density at radius 3 is 2.27 bits per heavy atom. The highest BCUT2D eigenvalue weighted by atomic mass is 32.1. The van der Waals surface area contributed by atoms with Gasteiger partial charge in [-0.2, -0.15) is 0 Å². The first-order valence-electron chi connectivity index (χ1n) is 18.2. The molecule has 2 saturated heterocycles. The summed E-state index contributed by atoms with van der Waals surface area (Å²) in [5.41, 5.74) is 2.69. The van der Waals surface area contributed by atoms with E-state index in [-0.39, 0.29) is 43.1 Å². The molecular weight excluding hydrogens is 683 g/mol. The number of ether oxygens (including phenoxy) is 3. The van der Waals surface area contributed by atoms with Crippen LogP contribution >= 0.6 is 11.3 Å². The number of carbonyl (C=O) groups is 3. The highest BCUT2D eigenvalue weighted by Crippen LogP contribution is 2.33. The number of amides is 4. The van der Waals surface area contributed by atoms with Crippen LogP contribution in [0.2, 0.25) is 0 Å². The summed E-state index contributed by atoms with van der Waals surface area (Å²) in [6, 6.07) is 16.8.